The highest BCUT2D eigenvalue weighted by Gasteiger charge is 2.50. The maximum atomic E-state index is 12.4. The first-order valence-electron chi connectivity index (χ1n) is 8.41. The van der Waals surface area contributed by atoms with E-state index in [4.69, 9.17) is 14.2 Å². The Kier molecular flexibility index (Phi) is 5.23. The number of ether oxygens (including phenoxy) is 3. The molecule has 0 aliphatic carbocycles. The van der Waals surface area contributed by atoms with Crippen LogP contribution in [0.4, 0.5) is 0 Å². The van der Waals surface area contributed by atoms with Crippen LogP contribution in [0.25, 0.3) is 0 Å². The van der Waals surface area contributed by atoms with Crippen molar-refractivity contribution in [3.05, 3.63) is 31.5 Å². The minimum Gasteiger partial charge on any atom is -0.388 e. The van der Waals surface area contributed by atoms with Gasteiger partial charge in [-0.2, -0.15) is 0 Å². The van der Waals surface area contributed by atoms with Crippen LogP contribution in [0.15, 0.2) is 14.4 Å². The molecule has 3 atom stereocenters. The number of aromatic amines is 2. The summed E-state index contributed by atoms with van der Waals surface area (Å²) in [5.74, 6) is 0. The van der Waals surface area contributed by atoms with E-state index in [-0.39, 0.29) is 31.7 Å². The number of nitrogens with zero attached hydrogens (tertiary/aromatic N) is 1. The maximum absolute atomic E-state index is 12.4. The molecule has 140 valence electrons. The molecule has 0 bridgehead atoms. The predicted octanol–water partition coefficient (Wildman–Crippen LogP) is -1.71. The molecule has 0 spiro atoms. The van der Waals surface area contributed by atoms with Gasteiger partial charge < -0.3 is 19.3 Å². The van der Waals surface area contributed by atoms with Crippen molar-refractivity contribution in [2.75, 3.05) is 26.4 Å². The minimum absolute atomic E-state index is 0.0434. The molecule has 3 heterocycles. The van der Waals surface area contributed by atoms with Crippen LogP contribution in [0.1, 0.15) is 26.2 Å². The molecular formula is C15H23N3O7. The van der Waals surface area contributed by atoms with Gasteiger partial charge in [0, 0.05) is 19.4 Å². The first-order valence-corrected chi connectivity index (χ1v) is 8.41. The summed E-state index contributed by atoms with van der Waals surface area (Å²) in [5, 5.41) is 10.9. The first kappa shape index (κ1) is 18.1. The van der Waals surface area contributed by atoms with Gasteiger partial charge in [0.2, 0.25) is 0 Å². The van der Waals surface area contributed by atoms with Gasteiger partial charge in [-0.25, -0.2) is 19.0 Å². The van der Waals surface area contributed by atoms with Gasteiger partial charge in [0.1, 0.15) is 6.10 Å². The fraction of sp³-hybridized carbons (Fsp3) is 0.800. The third-order valence-corrected chi connectivity index (χ3v) is 4.50. The Bertz CT molecular complexity index is 711. The third-order valence-electron chi connectivity index (χ3n) is 4.50. The standard InChI is InChI=1S/C15H23N3O7/c1-2-3-23-8-11(19)15(4-9-6-24-9,5-10-7-25-10)18-13(21)16-12(20)17-14(18)22/h9-11,19H,2-8H2,1H3,(H2,16,17,20,21,22). The van der Waals surface area contributed by atoms with Crippen molar-refractivity contribution in [1.29, 1.82) is 0 Å². The van der Waals surface area contributed by atoms with Crippen molar-refractivity contribution in [3.63, 3.8) is 0 Å². The number of aliphatic hydroxyl groups excluding tert-OH is 1. The second-order valence-electron chi connectivity index (χ2n) is 6.54. The maximum Gasteiger partial charge on any atom is 0.334 e. The number of hydrogen-bond acceptors (Lipinski definition) is 7. The summed E-state index contributed by atoms with van der Waals surface area (Å²) in [7, 11) is 0. The lowest BCUT2D eigenvalue weighted by Crippen LogP contribution is -2.60. The molecule has 1 aromatic rings. The number of hydrogen-bond donors (Lipinski definition) is 3. The number of H-pyrrole nitrogens is 2. The number of epoxide rings is 2. The summed E-state index contributed by atoms with van der Waals surface area (Å²) in [4.78, 5) is 40.3. The molecule has 3 rings (SSSR count). The smallest absolute Gasteiger partial charge is 0.334 e. The van der Waals surface area contributed by atoms with E-state index in [1.54, 1.807) is 0 Å². The molecular weight excluding hydrogens is 334 g/mol. The zero-order valence-corrected chi connectivity index (χ0v) is 14.0. The van der Waals surface area contributed by atoms with Crippen LogP contribution in [0.3, 0.4) is 0 Å². The Morgan fingerprint density at radius 1 is 1.20 bits per heavy atom. The quantitative estimate of drug-likeness (QED) is 0.334. The van der Waals surface area contributed by atoms with Crippen molar-refractivity contribution in [3.8, 4) is 0 Å². The predicted molar refractivity (Wildman–Crippen MR) is 85.7 cm³/mol. The van der Waals surface area contributed by atoms with Crippen molar-refractivity contribution in [1.82, 2.24) is 14.5 Å². The van der Waals surface area contributed by atoms with E-state index in [0.717, 1.165) is 11.0 Å². The van der Waals surface area contributed by atoms with Crippen molar-refractivity contribution in [2.24, 2.45) is 0 Å². The summed E-state index contributed by atoms with van der Waals surface area (Å²) in [5.41, 5.74) is -3.92. The van der Waals surface area contributed by atoms with E-state index in [1.165, 1.54) is 0 Å². The second kappa shape index (κ2) is 7.24. The highest BCUT2D eigenvalue weighted by Crippen LogP contribution is 2.37. The van der Waals surface area contributed by atoms with Gasteiger partial charge in [-0.3, -0.25) is 9.97 Å². The van der Waals surface area contributed by atoms with Crippen LogP contribution in [-0.4, -0.2) is 64.4 Å². The van der Waals surface area contributed by atoms with Gasteiger partial charge in [-0.05, 0) is 6.42 Å². The Morgan fingerprint density at radius 2 is 1.72 bits per heavy atom. The molecule has 25 heavy (non-hydrogen) atoms. The monoisotopic (exact) mass is 357 g/mol. The summed E-state index contributed by atoms with van der Waals surface area (Å²) in [6.45, 7) is 3.33. The Balaban J connectivity index is 2.03. The molecule has 0 amide bonds. The molecule has 3 unspecified atom stereocenters. The lowest BCUT2D eigenvalue weighted by molar-refractivity contribution is -0.0524. The van der Waals surface area contributed by atoms with Crippen LogP contribution in [0.2, 0.25) is 0 Å². The molecule has 2 fully saturated rings. The molecule has 2 aliphatic rings. The highest BCUT2D eigenvalue weighted by molar-refractivity contribution is 5.01. The Hall–Kier alpha value is -1.75. The van der Waals surface area contributed by atoms with Gasteiger partial charge in [-0.15, -0.1) is 0 Å². The van der Waals surface area contributed by atoms with Crippen LogP contribution in [0.5, 0.6) is 0 Å². The van der Waals surface area contributed by atoms with Gasteiger partial charge in [0.15, 0.2) is 0 Å². The normalized spacial score (nSPS) is 25.4. The topological polar surface area (TPSA) is 142 Å². The third kappa shape index (κ3) is 4.09. The van der Waals surface area contributed by atoms with E-state index in [2.05, 4.69) is 9.97 Å². The lowest BCUT2D eigenvalue weighted by atomic mass is 9.82. The zero-order valence-electron chi connectivity index (χ0n) is 14.0. The zero-order chi connectivity index (χ0) is 18.0. The number of rotatable bonds is 10. The lowest BCUT2D eigenvalue weighted by Gasteiger charge is -2.38. The van der Waals surface area contributed by atoms with Crippen LogP contribution >= 0.6 is 0 Å². The van der Waals surface area contributed by atoms with E-state index in [9.17, 15) is 19.5 Å². The largest absolute Gasteiger partial charge is 0.388 e. The Labute approximate surface area is 142 Å². The van der Waals surface area contributed by atoms with E-state index in [1.807, 2.05) is 6.92 Å². The van der Waals surface area contributed by atoms with E-state index >= 15 is 0 Å². The van der Waals surface area contributed by atoms with Crippen LogP contribution < -0.4 is 17.1 Å². The van der Waals surface area contributed by atoms with E-state index < -0.39 is 28.7 Å². The van der Waals surface area contributed by atoms with E-state index in [0.29, 0.717) is 19.8 Å². The first-order chi connectivity index (χ1) is 12.0. The van der Waals surface area contributed by atoms with Gasteiger partial charge in [0.05, 0.1) is 37.6 Å². The molecule has 10 nitrogen and oxygen atoms in total. The molecule has 2 saturated heterocycles. The number of aliphatic hydroxyl groups is 1. The molecule has 10 heteroatoms. The number of nitrogens with one attached hydrogen (secondary N) is 2. The van der Waals surface area contributed by atoms with Crippen LogP contribution in [0, 0.1) is 0 Å². The Morgan fingerprint density at radius 3 is 2.16 bits per heavy atom. The van der Waals surface area contributed by atoms with Crippen molar-refractivity contribution >= 4 is 0 Å². The van der Waals surface area contributed by atoms with Gasteiger partial charge in [-0.1, -0.05) is 6.92 Å². The minimum atomic E-state index is -1.29. The fourth-order valence-corrected chi connectivity index (χ4v) is 3.18. The van der Waals surface area contributed by atoms with Crippen LogP contribution in [-0.2, 0) is 19.7 Å². The molecule has 0 aromatic carbocycles. The highest BCUT2D eigenvalue weighted by atomic mass is 16.6. The number of aromatic nitrogens is 3. The van der Waals surface area contributed by atoms with Crippen molar-refractivity contribution < 1.29 is 19.3 Å². The molecule has 2 aliphatic heterocycles. The van der Waals surface area contributed by atoms with Crippen molar-refractivity contribution in [2.45, 2.75) is 50.0 Å². The molecule has 1 aromatic heterocycles. The summed E-state index contributed by atoms with van der Waals surface area (Å²) in [6.07, 6.45) is -0.208. The average Bonchev–Trinajstić information content (AvgIpc) is 3.43. The van der Waals surface area contributed by atoms with Gasteiger partial charge in [0.25, 0.3) is 0 Å². The summed E-state index contributed by atoms with van der Waals surface area (Å²) < 4.78 is 16.9. The summed E-state index contributed by atoms with van der Waals surface area (Å²) >= 11 is 0. The SMILES string of the molecule is CCCOCC(O)C(CC1CO1)(CC1CO1)n1c(=O)[nH]c(=O)[nH]c1=O. The fourth-order valence-electron chi connectivity index (χ4n) is 3.18. The summed E-state index contributed by atoms with van der Waals surface area (Å²) in [6, 6.07) is 0. The molecule has 0 saturated carbocycles. The molecule has 0 radical (unpaired) electrons. The second-order valence-corrected chi connectivity index (χ2v) is 6.54. The average molecular weight is 357 g/mol. The molecule has 3 N–H and O–H groups in total. The van der Waals surface area contributed by atoms with Gasteiger partial charge >= 0.3 is 17.1 Å².